The molecule has 1 aliphatic heterocycles. The van der Waals surface area contributed by atoms with E-state index in [2.05, 4.69) is 9.98 Å². The second kappa shape index (κ2) is 8.87. The van der Waals surface area contributed by atoms with Gasteiger partial charge < -0.3 is 9.47 Å². The van der Waals surface area contributed by atoms with Crippen molar-refractivity contribution >= 4 is 12.4 Å². The van der Waals surface area contributed by atoms with Gasteiger partial charge in [0.15, 0.2) is 0 Å². The largest absolute Gasteiger partial charge is 0.493 e. The molecule has 0 bridgehead atoms. The third-order valence-electron chi connectivity index (χ3n) is 3.68. The monoisotopic (exact) mass is 322 g/mol. The van der Waals surface area contributed by atoms with Gasteiger partial charge in [0.05, 0.1) is 13.2 Å². The number of nitrogens with zero attached hydrogens (tertiary/aromatic N) is 2. The highest BCUT2D eigenvalue weighted by atomic mass is 16.5. The Morgan fingerprint density at radius 3 is 1.67 bits per heavy atom. The van der Waals surface area contributed by atoms with Gasteiger partial charge in [0.1, 0.15) is 11.5 Å². The van der Waals surface area contributed by atoms with Crippen molar-refractivity contribution in [1.82, 2.24) is 0 Å². The number of fused-ring (bicyclic) bond motifs is 2. The summed E-state index contributed by atoms with van der Waals surface area (Å²) < 4.78 is 11.8. The molecule has 1 heterocycles. The average Bonchev–Trinajstić information content (AvgIpc) is 2.62. The molecular formula is C20H22N2O2. The maximum Gasteiger partial charge on any atom is 0.128 e. The molecule has 2 aromatic carbocycles. The van der Waals surface area contributed by atoms with E-state index in [9.17, 15) is 0 Å². The minimum Gasteiger partial charge on any atom is -0.493 e. The van der Waals surface area contributed by atoms with Crippen molar-refractivity contribution in [2.24, 2.45) is 9.98 Å². The molecule has 0 saturated carbocycles. The number of para-hydroxylation sites is 2. The molecule has 124 valence electrons. The van der Waals surface area contributed by atoms with Gasteiger partial charge in [-0.25, -0.2) is 0 Å². The number of ether oxygens (including phenoxy) is 2. The van der Waals surface area contributed by atoms with Crippen molar-refractivity contribution in [2.45, 2.75) is 12.8 Å². The van der Waals surface area contributed by atoms with Crippen LogP contribution in [0.1, 0.15) is 24.0 Å². The van der Waals surface area contributed by atoms with Crippen molar-refractivity contribution in [3.05, 3.63) is 59.7 Å². The molecule has 0 amide bonds. The lowest BCUT2D eigenvalue weighted by atomic mass is 10.2. The Morgan fingerprint density at radius 2 is 1.12 bits per heavy atom. The van der Waals surface area contributed by atoms with Gasteiger partial charge in [-0.3, -0.25) is 9.98 Å². The van der Waals surface area contributed by atoms with E-state index in [0.717, 1.165) is 48.6 Å². The molecule has 0 unspecified atom stereocenters. The molecule has 0 spiro atoms. The van der Waals surface area contributed by atoms with Crippen LogP contribution in [-0.2, 0) is 0 Å². The lowest BCUT2D eigenvalue weighted by Crippen LogP contribution is -2.07. The minimum atomic E-state index is 0.612. The first kappa shape index (κ1) is 16.2. The van der Waals surface area contributed by atoms with E-state index in [1.54, 1.807) is 0 Å². The predicted octanol–water partition coefficient (Wildman–Crippen LogP) is 3.78. The molecule has 0 aliphatic carbocycles. The molecule has 0 saturated heterocycles. The standard InChI is InChI=1S/C20H22N2O2/c1-3-9-19-17(7-1)15-21-11-5-12-22-16-18-8-2-4-10-20(18)24-14-6-13-23-19/h1-4,7-10,15-16H,5-6,11-14H2. The van der Waals surface area contributed by atoms with Crippen molar-refractivity contribution in [3.8, 4) is 11.5 Å². The van der Waals surface area contributed by atoms with Crippen LogP contribution in [-0.4, -0.2) is 38.7 Å². The molecule has 1 aliphatic rings. The van der Waals surface area contributed by atoms with Crippen LogP contribution in [0.4, 0.5) is 0 Å². The Balaban J connectivity index is 1.72. The van der Waals surface area contributed by atoms with E-state index in [1.807, 2.05) is 61.0 Å². The van der Waals surface area contributed by atoms with Crippen LogP contribution in [0.15, 0.2) is 58.5 Å². The summed E-state index contributed by atoms with van der Waals surface area (Å²) in [4.78, 5) is 8.97. The fourth-order valence-electron chi connectivity index (χ4n) is 2.44. The Bertz CT molecular complexity index is 651. The van der Waals surface area contributed by atoms with Crippen LogP contribution in [0.5, 0.6) is 11.5 Å². The summed E-state index contributed by atoms with van der Waals surface area (Å²) in [6.07, 6.45) is 5.50. The van der Waals surface area contributed by atoms with E-state index in [4.69, 9.17) is 9.47 Å². The van der Waals surface area contributed by atoms with Crippen molar-refractivity contribution in [3.63, 3.8) is 0 Å². The van der Waals surface area contributed by atoms with E-state index in [1.165, 1.54) is 0 Å². The molecule has 2 aromatic rings. The van der Waals surface area contributed by atoms with Gasteiger partial charge >= 0.3 is 0 Å². The lowest BCUT2D eigenvalue weighted by molar-refractivity contribution is 0.247. The van der Waals surface area contributed by atoms with Crippen LogP contribution >= 0.6 is 0 Å². The van der Waals surface area contributed by atoms with Gasteiger partial charge in [-0.1, -0.05) is 24.3 Å². The number of hydrogen-bond donors (Lipinski definition) is 0. The molecule has 0 N–H and O–H groups in total. The second-order valence-corrected chi connectivity index (χ2v) is 5.55. The Morgan fingerprint density at radius 1 is 0.625 bits per heavy atom. The first-order valence-electron chi connectivity index (χ1n) is 8.37. The molecule has 24 heavy (non-hydrogen) atoms. The summed E-state index contributed by atoms with van der Waals surface area (Å²) in [5, 5.41) is 0. The molecule has 0 fully saturated rings. The van der Waals surface area contributed by atoms with E-state index >= 15 is 0 Å². The maximum absolute atomic E-state index is 5.88. The second-order valence-electron chi connectivity index (χ2n) is 5.55. The average molecular weight is 322 g/mol. The minimum absolute atomic E-state index is 0.612. The molecule has 0 atom stereocenters. The zero-order valence-corrected chi connectivity index (χ0v) is 13.7. The highest BCUT2D eigenvalue weighted by molar-refractivity contribution is 5.84. The topological polar surface area (TPSA) is 43.2 Å². The fourth-order valence-corrected chi connectivity index (χ4v) is 2.44. The molecule has 3 rings (SSSR count). The fraction of sp³-hybridized carbons (Fsp3) is 0.300. The van der Waals surface area contributed by atoms with Gasteiger partial charge in [-0.2, -0.15) is 0 Å². The van der Waals surface area contributed by atoms with Gasteiger partial charge in [-0.05, 0) is 30.7 Å². The van der Waals surface area contributed by atoms with Gasteiger partial charge in [0, 0.05) is 43.1 Å². The van der Waals surface area contributed by atoms with E-state index in [-0.39, 0.29) is 0 Å². The van der Waals surface area contributed by atoms with Crippen LogP contribution in [0.3, 0.4) is 0 Å². The summed E-state index contributed by atoms with van der Waals surface area (Å²) in [6, 6.07) is 15.9. The van der Waals surface area contributed by atoms with E-state index < -0.39 is 0 Å². The van der Waals surface area contributed by atoms with Gasteiger partial charge in [0.25, 0.3) is 0 Å². The highest BCUT2D eigenvalue weighted by Crippen LogP contribution is 2.18. The highest BCUT2D eigenvalue weighted by Gasteiger charge is 2.03. The first-order valence-corrected chi connectivity index (χ1v) is 8.37. The van der Waals surface area contributed by atoms with Crippen molar-refractivity contribution in [2.75, 3.05) is 26.3 Å². The van der Waals surface area contributed by atoms with Crippen molar-refractivity contribution in [1.29, 1.82) is 0 Å². The van der Waals surface area contributed by atoms with Gasteiger partial charge in [0.2, 0.25) is 0 Å². The van der Waals surface area contributed by atoms with Crippen molar-refractivity contribution < 1.29 is 9.47 Å². The molecular weight excluding hydrogens is 300 g/mol. The third-order valence-corrected chi connectivity index (χ3v) is 3.68. The SMILES string of the molecule is C1=NCCCN=Cc2ccccc2OCCCOc2ccccc21. The Labute approximate surface area is 142 Å². The molecule has 0 radical (unpaired) electrons. The normalized spacial score (nSPS) is 15.7. The Kier molecular flexibility index (Phi) is 6.00. The zero-order chi connectivity index (χ0) is 16.5. The molecule has 4 nitrogen and oxygen atoms in total. The number of hydrogen-bond acceptors (Lipinski definition) is 4. The summed E-state index contributed by atoms with van der Waals surface area (Å²) >= 11 is 0. The quantitative estimate of drug-likeness (QED) is 0.741. The summed E-state index contributed by atoms with van der Waals surface area (Å²) in [6.45, 7) is 2.73. The molecule has 4 heteroatoms. The first-order chi connectivity index (χ1) is 11.9. The lowest BCUT2D eigenvalue weighted by Gasteiger charge is -2.11. The molecule has 0 aromatic heterocycles. The Hall–Kier alpha value is -2.62. The van der Waals surface area contributed by atoms with Crippen LogP contribution in [0.25, 0.3) is 0 Å². The van der Waals surface area contributed by atoms with E-state index in [0.29, 0.717) is 13.2 Å². The number of aliphatic imine (C=N–C) groups is 2. The third kappa shape index (κ3) is 4.69. The van der Waals surface area contributed by atoms with Gasteiger partial charge in [-0.15, -0.1) is 0 Å². The maximum atomic E-state index is 5.88. The number of benzene rings is 2. The summed E-state index contributed by atoms with van der Waals surface area (Å²) in [7, 11) is 0. The zero-order valence-electron chi connectivity index (χ0n) is 13.7. The smallest absolute Gasteiger partial charge is 0.128 e. The van der Waals surface area contributed by atoms with Crippen LogP contribution < -0.4 is 9.47 Å². The predicted molar refractivity (Wildman–Crippen MR) is 98.0 cm³/mol. The van der Waals surface area contributed by atoms with Crippen LogP contribution in [0, 0.1) is 0 Å². The van der Waals surface area contributed by atoms with Crippen LogP contribution in [0.2, 0.25) is 0 Å². The summed E-state index contributed by atoms with van der Waals surface area (Å²) in [5.41, 5.74) is 2.03. The number of rotatable bonds is 0. The summed E-state index contributed by atoms with van der Waals surface area (Å²) in [5.74, 6) is 1.73.